The summed E-state index contributed by atoms with van der Waals surface area (Å²) in [6, 6.07) is 15.2. The summed E-state index contributed by atoms with van der Waals surface area (Å²) in [4.78, 5) is 26.0. The highest BCUT2D eigenvalue weighted by molar-refractivity contribution is 6.31. The molecule has 0 bridgehead atoms. The Balaban J connectivity index is 1.99. The molecule has 0 spiro atoms. The van der Waals surface area contributed by atoms with E-state index in [0.29, 0.717) is 33.0 Å². The number of methoxy groups -OCH3 is 2. The van der Waals surface area contributed by atoms with E-state index < -0.39 is 23.8 Å². The molecular formula is C28H27ClF3NO5. The van der Waals surface area contributed by atoms with Gasteiger partial charge in [-0.3, -0.25) is 4.79 Å². The Hall–Kier alpha value is -3.72. The van der Waals surface area contributed by atoms with Gasteiger partial charge in [0, 0.05) is 29.2 Å². The first-order valence-electron chi connectivity index (χ1n) is 11.7. The van der Waals surface area contributed by atoms with Crippen molar-refractivity contribution in [3.8, 4) is 16.9 Å². The zero-order chi connectivity index (χ0) is 27.9. The number of amides is 1. The van der Waals surface area contributed by atoms with Crippen LogP contribution in [-0.2, 0) is 40.0 Å². The van der Waals surface area contributed by atoms with Crippen molar-refractivity contribution in [1.82, 2.24) is 4.90 Å². The molecule has 0 heterocycles. The van der Waals surface area contributed by atoms with Gasteiger partial charge in [-0.25, -0.2) is 4.79 Å². The highest BCUT2D eigenvalue weighted by Gasteiger charge is 2.32. The maximum absolute atomic E-state index is 13.6. The molecule has 10 heteroatoms. The van der Waals surface area contributed by atoms with Crippen LogP contribution in [0.3, 0.4) is 0 Å². The van der Waals surface area contributed by atoms with Crippen molar-refractivity contribution in [2.24, 2.45) is 0 Å². The van der Waals surface area contributed by atoms with Crippen molar-refractivity contribution < 1.29 is 37.0 Å². The van der Waals surface area contributed by atoms with Gasteiger partial charge in [-0.1, -0.05) is 41.9 Å². The molecule has 3 aromatic carbocycles. The van der Waals surface area contributed by atoms with Crippen LogP contribution in [0.2, 0.25) is 5.02 Å². The maximum atomic E-state index is 13.6. The Morgan fingerprint density at radius 1 is 0.947 bits per heavy atom. The van der Waals surface area contributed by atoms with Crippen molar-refractivity contribution in [1.29, 1.82) is 0 Å². The molecule has 0 fully saturated rings. The van der Waals surface area contributed by atoms with E-state index in [9.17, 15) is 22.8 Å². The van der Waals surface area contributed by atoms with Crippen LogP contribution in [0.5, 0.6) is 5.75 Å². The highest BCUT2D eigenvalue weighted by Crippen LogP contribution is 2.38. The van der Waals surface area contributed by atoms with Gasteiger partial charge in [-0.2, -0.15) is 13.2 Å². The molecule has 3 aromatic rings. The SMILES string of the molecule is CCN(Cc1cc(C(F)(F)F)ccc1-c1cc(CC(=O)OC)ccc1OC)C(=O)OCc1ccccc1Cl. The summed E-state index contributed by atoms with van der Waals surface area (Å²) in [5.41, 5.74) is 1.44. The molecule has 3 rings (SSSR count). The van der Waals surface area contributed by atoms with E-state index in [1.807, 2.05) is 0 Å². The molecule has 1 amide bonds. The molecule has 0 aliphatic carbocycles. The van der Waals surface area contributed by atoms with Crippen molar-refractivity contribution >= 4 is 23.7 Å². The first-order chi connectivity index (χ1) is 18.1. The van der Waals surface area contributed by atoms with Crippen molar-refractivity contribution in [3.63, 3.8) is 0 Å². The molecule has 0 N–H and O–H groups in total. The zero-order valence-electron chi connectivity index (χ0n) is 21.1. The number of carbonyl (C=O) groups excluding carboxylic acids is 2. The standard InChI is InChI=1S/C28H27ClF3NO5/c1-4-33(27(35)38-17-19-7-5-6-8-24(19)29)16-20-15-21(28(30,31)32)10-11-22(20)23-13-18(14-26(34)37-3)9-12-25(23)36-2/h5-13,15H,4,14,16-17H2,1-3H3. The number of nitrogens with zero attached hydrogens (tertiary/aromatic N) is 1. The largest absolute Gasteiger partial charge is 0.496 e. The number of hydrogen-bond acceptors (Lipinski definition) is 5. The molecule has 0 aliphatic rings. The summed E-state index contributed by atoms with van der Waals surface area (Å²) < 4.78 is 56.5. The molecule has 0 aromatic heterocycles. The number of esters is 1. The zero-order valence-corrected chi connectivity index (χ0v) is 21.9. The normalized spacial score (nSPS) is 11.1. The number of benzene rings is 3. The van der Waals surface area contributed by atoms with Gasteiger partial charge in [0.15, 0.2) is 0 Å². The smallest absolute Gasteiger partial charge is 0.416 e. The summed E-state index contributed by atoms with van der Waals surface area (Å²) >= 11 is 6.13. The Morgan fingerprint density at radius 2 is 1.68 bits per heavy atom. The van der Waals surface area contributed by atoms with Crippen LogP contribution in [0.4, 0.5) is 18.0 Å². The van der Waals surface area contributed by atoms with Gasteiger partial charge < -0.3 is 19.1 Å². The third-order valence-electron chi connectivity index (χ3n) is 5.87. The molecule has 6 nitrogen and oxygen atoms in total. The van der Waals surface area contributed by atoms with Crippen LogP contribution in [0, 0.1) is 0 Å². The minimum Gasteiger partial charge on any atom is -0.496 e. The van der Waals surface area contributed by atoms with Crippen LogP contribution in [0.1, 0.15) is 29.2 Å². The number of halogens is 4. The van der Waals surface area contributed by atoms with E-state index in [2.05, 4.69) is 0 Å². The molecule has 0 radical (unpaired) electrons. The molecule has 202 valence electrons. The topological polar surface area (TPSA) is 65.1 Å². The second kappa shape index (κ2) is 12.7. The van der Waals surface area contributed by atoms with Crippen molar-refractivity contribution in [2.45, 2.75) is 32.7 Å². The average Bonchev–Trinajstić information content (AvgIpc) is 2.90. The first-order valence-corrected chi connectivity index (χ1v) is 12.0. The van der Waals surface area contributed by atoms with Gasteiger partial charge >= 0.3 is 18.2 Å². The summed E-state index contributed by atoms with van der Waals surface area (Å²) in [7, 11) is 2.71. The lowest BCUT2D eigenvalue weighted by atomic mass is 9.94. The summed E-state index contributed by atoms with van der Waals surface area (Å²) in [6.45, 7) is 1.62. The fourth-order valence-electron chi connectivity index (χ4n) is 3.84. The molecule has 0 aliphatic heterocycles. The third-order valence-corrected chi connectivity index (χ3v) is 6.24. The lowest BCUT2D eigenvalue weighted by Crippen LogP contribution is -2.31. The second-order valence-corrected chi connectivity index (χ2v) is 8.72. The van der Waals surface area contributed by atoms with Crippen molar-refractivity contribution in [2.75, 3.05) is 20.8 Å². The number of hydrogen-bond donors (Lipinski definition) is 0. The van der Waals surface area contributed by atoms with Crippen LogP contribution in [0.15, 0.2) is 60.7 Å². The third kappa shape index (κ3) is 7.19. The summed E-state index contributed by atoms with van der Waals surface area (Å²) in [6.07, 6.45) is -5.33. The Labute approximate surface area is 223 Å². The molecule has 0 saturated heterocycles. The van der Waals surface area contributed by atoms with E-state index in [1.165, 1.54) is 25.2 Å². The van der Waals surface area contributed by atoms with E-state index in [1.54, 1.807) is 49.4 Å². The molecule has 0 atom stereocenters. The Bertz CT molecular complexity index is 1300. The van der Waals surface area contributed by atoms with Gasteiger partial charge in [0.05, 0.1) is 26.2 Å². The lowest BCUT2D eigenvalue weighted by molar-refractivity contribution is -0.140. The summed E-state index contributed by atoms with van der Waals surface area (Å²) in [5, 5.41) is 0.433. The number of carbonyl (C=O) groups is 2. The van der Waals surface area contributed by atoms with Crippen LogP contribution < -0.4 is 4.74 Å². The fourth-order valence-corrected chi connectivity index (χ4v) is 4.03. The number of alkyl halides is 3. The minimum absolute atomic E-state index is 0.0289. The van der Waals surface area contributed by atoms with Gasteiger partial charge in [-0.05, 0) is 53.9 Å². The van der Waals surface area contributed by atoms with Gasteiger partial charge in [0.2, 0.25) is 0 Å². The predicted octanol–water partition coefficient (Wildman–Crippen LogP) is 6.91. The van der Waals surface area contributed by atoms with Crippen LogP contribution in [0.25, 0.3) is 11.1 Å². The van der Waals surface area contributed by atoms with Gasteiger partial charge in [-0.15, -0.1) is 0 Å². The highest BCUT2D eigenvalue weighted by atomic mass is 35.5. The average molecular weight is 550 g/mol. The minimum atomic E-state index is -4.59. The van der Waals surface area contributed by atoms with Gasteiger partial charge in [0.25, 0.3) is 0 Å². The van der Waals surface area contributed by atoms with E-state index in [-0.39, 0.29) is 31.7 Å². The number of ether oxygens (including phenoxy) is 3. The lowest BCUT2D eigenvalue weighted by Gasteiger charge is -2.24. The molecule has 0 saturated carbocycles. The Morgan fingerprint density at radius 3 is 2.32 bits per heavy atom. The van der Waals surface area contributed by atoms with Crippen LogP contribution >= 0.6 is 11.6 Å². The monoisotopic (exact) mass is 549 g/mol. The Kier molecular flexibility index (Phi) is 9.63. The fraction of sp³-hybridized carbons (Fsp3) is 0.286. The van der Waals surface area contributed by atoms with E-state index in [4.69, 9.17) is 25.8 Å². The summed E-state index contributed by atoms with van der Waals surface area (Å²) in [5.74, 6) is -0.0730. The second-order valence-electron chi connectivity index (χ2n) is 8.32. The number of rotatable bonds is 9. The van der Waals surface area contributed by atoms with E-state index >= 15 is 0 Å². The van der Waals surface area contributed by atoms with E-state index in [0.717, 1.165) is 12.1 Å². The molecular weight excluding hydrogens is 523 g/mol. The predicted molar refractivity (Wildman–Crippen MR) is 137 cm³/mol. The first kappa shape index (κ1) is 28.8. The van der Waals surface area contributed by atoms with Crippen LogP contribution in [-0.4, -0.2) is 37.7 Å². The molecule has 0 unspecified atom stereocenters. The molecule has 38 heavy (non-hydrogen) atoms. The van der Waals surface area contributed by atoms with Crippen molar-refractivity contribution in [3.05, 3.63) is 87.9 Å². The quantitative estimate of drug-likeness (QED) is 0.271. The van der Waals surface area contributed by atoms with Gasteiger partial charge in [0.1, 0.15) is 12.4 Å². The maximum Gasteiger partial charge on any atom is 0.416 e.